The highest BCUT2D eigenvalue weighted by molar-refractivity contribution is 5.78. The molecule has 2 heterocycles. The second-order valence-electron chi connectivity index (χ2n) is 5.20. The fourth-order valence-corrected chi connectivity index (χ4v) is 3.13. The van der Waals surface area contributed by atoms with Gasteiger partial charge in [-0.3, -0.25) is 9.69 Å². The van der Waals surface area contributed by atoms with Gasteiger partial charge in [0.25, 0.3) is 0 Å². The number of fused-ring (bicyclic) bond motifs is 1. The highest BCUT2D eigenvalue weighted by Gasteiger charge is 2.33. The Morgan fingerprint density at radius 1 is 1.35 bits per heavy atom. The number of hydrogen-bond acceptors (Lipinski definition) is 3. The molecule has 2 fully saturated rings. The summed E-state index contributed by atoms with van der Waals surface area (Å²) >= 11 is 0. The van der Waals surface area contributed by atoms with Gasteiger partial charge >= 0.3 is 0 Å². The molecular formula is C13H25N3O. The minimum absolute atomic E-state index is 0.291. The SMILES string of the molecule is CCN(CC)C(=O)CN1CCC2NCCC2C1. The lowest BCUT2D eigenvalue weighted by atomic mass is 9.93. The van der Waals surface area contributed by atoms with E-state index in [1.807, 2.05) is 4.90 Å². The van der Waals surface area contributed by atoms with E-state index < -0.39 is 0 Å². The molecule has 2 aliphatic heterocycles. The molecule has 2 aliphatic rings. The highest BCUT2D eigenvalue weighted by Crippen LogP contribution is 2.24. The van der Waals surface area contributed by atoms with Crippen LogP contribution >= 0.6 is 0 Å². The molecule has 1 amide bonds. The molecule has 0 aliphatic carbocycles. The van der Waals surface area contributed by atoms with Crippen molar-refractivity contribution in [3.8, 4) is 0 Å². The molecule has 0 saturated carbocycles. The maximum atomic E-state index is 12.0. The summed E-state index contributed by atoms with van der Waals surface area (Å²) in [6.07, 6.45) is 2.48. The molecule has 0 bridgehead atoms. The van der Waals surface area contributed by atoms with Crippen LogP contribution in [0.5, 0.6) is 0 Å². The van der Waals surface area contributed by atoms with Gasteiger partial charge in [-0.25, -0.2) is 0 Å². The van der Waals surface area contributed by atoms with Crippen molar-refractivity contribution >= 4 is 5.91 Å². The maximum Gasteiger partial charge on any atom is 0.236 e. The Morgan fingerprint density at radius 2 is 2.12 bits per heavy atom. The van der Waals surface area contributed by atoms with E-state index in [0.717, 1.165) is 44.7 Å². The summed E-state index contributed by atoms with van der Waals surface area (Å²) in [6, 6.07) is 0.717. The second-order valence-corrected chi connectivity index (χ2v) is 5.20. The normalized spacial score (nSPS) is 29.1. The first-order chi connectivity index (χ1) is 8.24. The van der Waals surface area contributed by atoms with Gasteiger partial charge in [0.2, 0.25) is 5.91 Å². The van der Waals surface area contributed by atoms with E-state index in [-0.39, 0.29) is 0 Å². The van der Waals surface area contributed by atoms with Gasteiger partial charge < -0.3 is 10.2 Å². The molecule has 1 N–H and O–H groups in total. The van der Waals surface area contributed by atoms with E-state index in [9.17, 15) is 4.79 Å². The lowest BCUT2D eigenvalue weighted by Gasteiger charge is -2.35. The Hall–Kier alpha value is -0.610. The number of carbonyl (C=O) groups excluding carboxylic acids is 1. The summed E-state index contributed by atoms with van der Waals surface area (Å²) in [5.41, 5.74) is 0. The fraction of sp³-hybridized carbons (Fsp3) is 0.923. The molecule has 17 heavy (non-hydrogen) atoms. The van der Waals surface area contributed by atoms with E-state index in [1.165, 1.54) is 12.8 Å². The maximum absolute atomic E-state index is 12.0. The molecule has 4 nitrogen and oxygen atoms in total. The number of rotatable bonds is 4. The zero-order valence-electron chi connectivity index (χ0n) is 11.1. The predicted octanol–water partition coefficient (Wildman–Crippen LogP) is 0.539. The summed E-state index contributed by atoms with van der Waals surface area (Å²) < 4.78 is 0. The largest absolute Gasteiger partial charge is 0.342 e. The summed E-state index contributed by atoms with van der Waals surface area (Å²) in [7, 11) is 0. The molecule has 2 saturated heterocycles. The van der Waals surface area contributed by atoms with Crippen molar-refractivity contribution in [2.45, 2.75) is 32.7 Å². The smallest absolute Gasteiger partial charge is 0.236 e. The Balaban J connectivity index is 1.81. The monoisotopic (exact) mass is 239 g/mol. The number of piperidine rings is 1. The molecule has 0 aromatic heterocycles. The van der Waals surface area contributed by atoms with Crippen LogP contribution in [0, 0.1) is 5.92 Å². The van der Waals surface area contributed by atoms with Gasteiger partial charge in [-0.1, -0.05) is 0 Å². The van der Waals surface area contributed by atoms with Gasteiger partial charge in [0.15, 0.2) is 0 Å². The van der Waals surface area contributed by atoms with Crippen LogP contribution in [0.3, 0.4) is 0 Å². The van der Waals surface area contributed by atoms with Gasteiger partial charge in [-0.2, -0.15) is 0 Å². The third-order valence-corrected chi connectivity index (χ3v) is 4.21. The first kappa shape index (κ1) is 12.8. The Morgan fingerprint density at radius 3 is 2.82 bits per heavy atom. The van der Waals surface area contributed by atoms with Crippen molar-refractivity contribution in [3.63, 3.8) is 0 Å². The Kier molecular flexibility index (Phi) is 4.40. The fourth-order valence-electron chi connectivity index (χ4n) is 3.13. The first-order valence-corrected chi connectivity index (χ1v) is 6.98. The zero-order valence-corrected chi connectivity index (χ0v) is 11.1. The van der Waals surface area contributed by atoms with Crippen LogP contribution in [-0.4, -0.2) is 61.0 Å². The molecule has 4 heteroatoms. The highest BCUT2D eigenvalue weighted by atomic mass is 16.2. The number of likely N-dealkylation sites (N-methyl/N-ethyl adjacent to an activating group) is 1. The van der Waals surface area contributed by atoms with Crippen molar-refractivity contribution in [2.75, 3.05) is 39.3 Å². The van der Waals surface area contributed by atoms with Crippen LogP contribution in [0.2, 0.25) is 0 Å². The third kappa shape index (κ3) is 2.99. The van der Waals surface area contributed by atoms with Crippen molar-refractivity contribution in [3.05, 3.63) is 0 Å². The Labute approximate surface area is 104 Å². The van der Waals surface area contributed by atoms with Crippen molar-refractivity contribution in [1.29, 1.82) is 0 Å². The molecule has 2 atom stereocenters. The molecule has 0 aromatic rings. The molecule has 0 spiro atoms. The molecule has 2 rings (SSSR count). The molecule has 0 aromatic carbocycles. The summed E-state index contributed by atoms with van der Waals surface area (Å²) in [6.45, 7) is 9.71. The topological polar surface area (TPSA) is 35.6 Å². The number of likely N-dealkylation sites (tertiary alicyclic amines) is 1. The third-order valence-electron chi connectivity index (χ3n) is 4.21. The number of amides is 1. The molecule has 2 unspecified atom stereocenters. The average Bonchev–Trinajstić information content (AvgIpc) is 2.77. The number of hydrogen-bond donors (Lipinski definition) is 1. The lowest BCUT2D eigenvalue weighted by molar-refractivity contribution is -0.132. The minimum Gasteiger partial charge on any atom is -0.342 e. The number of carbonyl (C=O) groups is 1. The minimum atomic E-state index is 0.291. The molecule has 98 valence electrons. The predicted molar refractivity (Wildman–Crippen MR) is 68.9 cm³/mol. The van der Waals surface area contributed by atoms with E-state index in [2.05, 4.69) is 24.1 Å². The van der Waals surface area contributed by atoms with Crippen LogP contribution in [0.4, 0.5) is 0 Å². The van der Waals surface area contributed by atoms with Crippen LogP contribution in [0.25, 0.3) is 0 Å². The van der Waals surface area contributed by atoms with Crippen LogP contribution in [0.15, 0.2) is 0 Å². The second kappa shape index (κ2) is 5.83. The average molecular weight is 239 g/mol. The summed E-state index contributed by atoms with van der Waals surface area (Å²) in [5.74, 6) is 1.06. The van der Waals surface area contributed by atoms with E-state index in [0.29, 0.717) is 12.5 Å². The van der Waals surface area contributed by atoms with Gasteiger partial charge in [0.1, 0.15) is 0 Å². The van der Waals surface area contributed by atoms with E-state index >= 15 is 0 Å². The Bertz CT molecular complexity index is 265. The quantitative estimate of drug-likeness (QED) is 0.778. The van der Waals surface area contributed by atoms with Gasteiger partial charge in [0, 0.05) is 32.2 Å². The summed E-state index contributed by atoms with van der Waals surface area (Å²) in [4.78, 5) is 16.3. The molecule has 0 radical (unpaired) electrons. The first-order valence-electron chi connectivity index (χ1n) is 6.98. The molecular weight excluding hydrogens is 214 g/mol. The van der Waals surface area contributed by atoms with E-state index in [4.69, 9.17) is 0 Å². The van der Waals surface area contributed by atoms with Crippen molar-refractivity contribution in [1.82, 2.24) is 15.1 Å². The van der Waals surface area contributed by atoms with Crippen molar-refractivity contribution < 1.29 is 4.79 Å². The van der Waals surface area contributed by atoms with Gasteiger partial charge in [-0.15, -0.1) is 0 Å². The van der Waals surface area contributed by atoms with Crippen LogP contribution in [-0.2, 0) is 4.79 Å². The van der Waals surface area contributed by atoms with Crippen molar-refractivity contribution in [2.24, 2.45) is 5.92 Å². The summed E-state index contributed by atoms with van der Waals surface area (Å²) in [5, 5.41) is 3.56. The van der Waals surface area contributed by atoms with Crippen LogP contribution in [0.1, 0.15) is 26.7 Å². The van der Waals surface area contributed by atoms with E-state index in [1.54, 1.807) is 0 Å². The van der Waals surface area contributed by atoms with Gasteiger partial charge in [0.05, 0.1) is 6.54 Å². The standard InChI is InChI=1S/C13H25N3O/c1-3-16(4-2)13(17)10-15-8-6-12-11(9-15)5-7-14-12/h11-12,14H,3-10H2,1-2H3. The van der Waals surface area contributed by atoms with Gasteiger partial charge in [-0.05, 0) is 39.2 Å². The lowest BCUT2D eigenvalue weighted by Crippen LogP contribution is -2.48. The van der Waals surface area contributed by atoms with Crippen LogP contribution < -0.4 is 5.32 Å². The number of nitrogens with one attached hydrogen (secondary N) is 1. The number of nitrogens with zero attached hydrogens (tertiary/aromatic N) is 2. The zero-order chi connectivity index (χ0) is 12.3.